The predicted octanol–water partition coefficient (Wildman–Crippen LogP) is 2.24. The van der Waals surface area contributed by atoms with Crippen LogP contribution in [0.2, 0.25) is 0 Å². The van der Waals surface area contributed by atoms with E-state index in [1.54, 1.807) is 12.4 Å². The summed E-state index contributed by atoms with van der Waals surface area (Å²) in [6, 6.07) is 3.05. The van der Waals surface area contributed by atoms with Crippen LogP contribution in [0.25, 0.3) is 22.0 Å². The lowest BCUT2D eigenvalue weighted by Gasteiger charge is -2.24. The molecule has 0 spiro atoms. The predicted molar refractivity (Wildman–Crippen MR) is 115 cm³/mol. The Kier molecular flexibility index (Phi) is 4.58. The molecule has 1 amide bonds. The van der Waals surface area contributed by atoms with E-state index in [1.165, 1.54) is 16.5 Å². The topological polar surface area (TPSA) is 118 Å². The first kappa shape index (κ1) is 20.3. The number of carboxylic acid groups (broad SMARTS) is 1. The summed E-state index contributed by atoms with van der Waals surface area (Å²) in [6.07, 6.45) is 4.33. The van der Waals surface area contributed by atoms with E-state index in [9.17, 15) is 19.5 Å². The quantitative estimate of drug-likeness (QED) is 0.613. The number of fused-ring (bicyclic) bond motifs is 2. The molecule has 2 aliphatic rings. The summed E-state index contributed by atoms with van der Waals surface area (Å²) in [7, 11) is 0. The van der Waals surface area contributed by atoms with Crippen LogP contribution in [-0.2, 0) is 16.1 Å². The molecule has 3 atom stereocenters. The van der Waals surface area contributed by atoms with E-state index < -0.39 is 12.0 Å². The van der Waals surface area contributed by atoms with Gasteiger partial charge in [-0.1, -0.05) is 0 Å². The van der Waals surface area contributed by atoms with Crippen molar-refractivity contribution in [3.05, 3.63) is 41.6 Å². The molecule has 1 saturated heterocycles. The van der Waals surface area contributed by atoms with Crippen molar-refractivity contribution in [2.24, 2.45) is 11.8 Å². The molecule has 1 aliphatic heterocycles. The molecule has 9 nitrogen and oxygen atoms in total. The molecule has 3 aromatic rings. The van der Waals surface area contributed by atoms with Gasteiger partial charge in [0.15, 0.2) is 5.78 Å². The van der Waals surface area contributed by atoms with Crippen LogP contribution in [0.5, 0.6) is 0 Å². The number of aromatic nitrogens is 4. The average Bonchev–Trinajstić information content (AvgIpc) is 3.23. The highest BCUT2D eigenvalue weighted by atomic mass is 16.4. The molecule has 1 N–H and O–H groups in total. The number of Topliss-reactive ketones (excluding diaryl/α,β-unsaturated/α-hetero) is 1. The molecular formula is C23H23N5O4. The van der Waals surface area contributed by atoms with Crippen molar-refractivity contribution >= 4 is 28.6 Å². The highest BCUT2D eigenvalue weighted by Crippen LogP contribution is 2.49. The fraction of sp³-hybridized carbons (Fsp3) is 0.391. The number of rotatable bonds is 5. The molecular weight excluding hydrogens is 410 g/mol. The van der Waals surface area contributed by atoms with Crippen LogP contribution in [0.3, 0.4) is 0 Å². The largest absolute Gasteiger partial charge is 0.480 e. The second kappa shape index (κ2) is 7.22. The van der Waals surface area contributed by atoms with Crippen LogP contribution < -0.4 is 0 Å². The van der Waals surface area contributed by atoms with Gasteiger partial charge in [-0.05, 0) is 55.4 Å². The van der Waals surface area contributed by atoms with E-state index in [1.807, 2.05) is 26.0 Å². The van der Waals surface area contributed by atoms with E-state index in [0.29, 0.717) is 23.3 Å². The van der Waals surface area contributed by atoms with E-state index in [4.69, 9.17) is 0 Å². The number of ketones is 1. The van der Waals surface area contributed by atoms with E-state index in [0.717, 1.165) is 23.1 Å². The third kappa shape index (κ3) is 3.24. The average molecular weight is 433 g/mol. The summed E-state index contributed by atoms with van der Waals surface area (Å²) in [5, 5.41) is 14.7. The number of amides is 1. The van der Waals surface area contributed by atoms with Crippen molar-refractivity contribution in [2.75, 3.05) is 6.54 Å². The number of benzene rings is 1. The van der Waals surface area contributed by atoms with Crippen molar-refractivity contribution in [1.29, 1.82) is 0 Å². The lowest BCUT2D eigenvalue weighted by Crippen LogP contribution is -2.44. The maximum atomic E-state index is 13.1. The smallest absolute Gasteiger partial charge is 0.326 e. The van der Waals surface area contributed by atoms with Gasteiger partial charge in [-0.25, -0.2) is 14.8 Å². The summed E-state index contributed by atoms with van der Waals surface area (Å²) in [6.45, 7) is 5.51. The molecule has 0 radical (unpaired) electrons. The second-order valence-corrected chi connectivity index (χ2v) is 8.76. The molecule has 1 aliphatic carbocycles. The highest BCUT2D eigenvalue weighted by Gasteiger charge is 2.57. The van der Waals surface area contributed by atoms with Crippen molar-refractivity contribution in [3.8, 4) is 11.1 Å². The fourth-order valence-electron chi connectivity index (χ4n) is 4.87. The molecule has 164 valence electrons. The Bertz CT molecular complexity index is 1280. The first-order valence-electron chi connectivity index (χ1n) is 10.6. The van der Waals surface area contributed by atoms with Crippen LogP contribution >= 0.6 is 0 Å². The Labute approximate surface area is 184 Å². The molecule has 2 aromatic heterocycles. The van der Waals surface area contributed by atoms with Gasteiger partial charge in [0, 0.05) is 36.8 Å². The lowest BCUT2D eigenvalue weighted by atomic mass is 10.0. The number of carbonyl (C=O) groups is 3. The Morgan fingerprint density at radius 1 is 1.12 bits per heavy atom. The van der Waals surface area contributed by atoms with Gasteiger partial charge >= 0.3 is 5.97 Å². The fourth-order valence-corrected chi connectivity index (χ4v) is 4.87. The van der Waals surface area contributed by atoms with Crippen molar-refractivity contribution in [1.82, 2.24) is 24.6 Å². The van der Waals surface area contributed by atoms with Crippen molar-refractivity contribution in [2.45, 2.75) is 39.8 Å². The van der Waals surface area contributed by atoms with Gasteiger partial charge < -0.3 is 10.0 Å². The molecule has 5 rings (SSSR count). The van der Waals surface area contributed by atoms with Gasteiger partial charge in [0.05, 0.1) is 5.52 Å². The van der Waals surface area contributed by atoms with Gasteiger partial charge in [-0.3, -0.25) is 14.3 Å². The normalized spacial score (nSPS) is 21.6. The van der Waals surface area contributed by atoms with Crippen LogP contribution in [0.1, 0.15) is 35.2 Å². The van der Waals surface area contributed by atoms with E-state index in [2.05, 4.69) is 15.1 Å². The SMILES string of the molecule is CC(=O)c1nn(CC(=O)N2C[C@H]3C[C@H]3[C@H]2C(=O)O)c2c(C)cc(-c3cnc(C)nc3)cc12. The Balaban J connectivity index is 1.54. The minimum Gasteiger partial charge on any atom is -0.480 e. The zero-order chi connectivity index (χ0) is 22.7. The molecule has 32 heavy (non-hydrogen) atoms. The molecule has 9 heteroatoms. The first-order chi connectivity index (χ1) is 15.2. The number of carbonyl (C=O) groups excluding carboxylic acids is 2. The number of aliphatic carboxylic acids is 1. The third-order valence-electron chi connectivity index (χ3n) is 6.49. The van der Waals surface area contributed by atoms with Gasteiger partial charge in [0.2, 0.25) is 5.91 Å². The van der Waals surface area contributed by atoms with Crippen LogP contribution in [0.15, 0.2) is 24.5 Å². The van der Waals surface area contributed by atoms with Crippen LogP contribution in [0, 0.1) is 25.7 Å². The number of aryl methyl sites for hydroxylation is 2. The zero-order valence-corrected chi connectivity index (χ0v) is 18.1. The Morgan fingerprint density at radius 3 is 2.50 bits per heavy atom. The summed E-state index contributed by atoms with van der Waals surface area (Å²) in [5.74, 6) is -0.452. The van der Waals surface area contributed by atoms with Crippen molar-refractivity contribution in [3.63, 3.8) is 0 Å². The molecule has 0 bridgehead atoms. The number of hydrogen-bond acceptors (Lipinski definition) is 6. The number of hydrogen-bond donors (Lipinski definition) is 1. The Hall–Kier alpha value is -3.62. The maximum Gasteiger partial charge on any atom is 0.326 e. The Morgan fingerprint density at radius 2 is 1.84 bits per heavy atom. The first-order valence-corrected chi connectivity index (χ1v) is 10.6. The van der Waals surface area contributed by atoms with Crippen molar-refractivity contribution < 1.29 is 19.5 Å². The summed E-state index contributed by atoms with van der Waals surface area (Å²) in [4.78, 5) is 47.0. The lowest BCUT2D eigenvalue weighted by molar-refractivity contribution is -0.149. The van der Waals surface area contributed by atoms with Gasteiger partial charge in [-0.2, -0.15) is 5.10 Å². The molecule has 0 unspecified atom stereocenters. The number of likely N-dealkylation sites (tertiary alicyclic amines) is 1. The van der Waals surface area contributed by atoms with Crippen LogP contribution in [-0.4, -0.2) is 60.0 Å². The third-order valence-corrected chi connectivity index (χ3v) is 6.49. The number of piperidine rings is 1. The monoisotopic (exact) mass is 433 g/mol. The minimum absolute atomic E-state index is 0.0552. The minimum atomic E-state index is -0.959. The van der Waals surface area contributed by atoms with E-state index in [-0.39, 0.29) is 35.8 Å². The van der Waals surface area contributed by atoms with Gasteiger partial charge in [0.25, 0.3) is 0 Å². The number of nitrogens with zero attached hydrogens (tertiary/aromatic N) is 5. The number of carboxylic acids is 1. The molecule has 1 saturated carbocycles. The van der Waals surface area contributed by atoms with Crippen LogP contribution in [0.4, 0.5) is 0 Å². The standard InChI is InChI=1S/C23H23N5O4/c1-11-4-14(16-7-24-13(3)25-8-16)5-18-20(12(2)29)26-28(21(11)18)10-19(30)27-9-15-6-17(15)22(27)23(31)32/h4-5,7-8,15,17,22H,6,9-10H2,1-3H3,(H,31,32)/t15-,17-,22+/m1/s1. The summed E-state index contributed by atoms with van der Waals surface area (Å²) >= 11 is 0. The van der Waals surface area contributed by atoms with Gasteiger partial charge in [-0.15, -0.1) is 0 Å². The summed E-state index contributed by atoms with van der Waals surface area (Å²) in [5.41, 5.74) is 3.50. The van der Waals surface area contributed by atoms with E-state index >= 15 is 0 Å². The maximum absolute atomic E-state index is 13.1. The molecule has 1 aromatic carbocycles. The summed E-state index contributed by atoms with van der Waals surface area (Å²) < 4.78 is 1.53. The van der Waals surface area contributed by atoms with Gasteiger partial charge in [0.1, 0.15) is 24.1 Å². The molecule has 2 fully saturated rings. The zero-order valence-electron chi connectivity index (χ0n) is 18.1. The highest BCUT2D eigenvalue weighted by molar-refractivity contribution is 6.07. The molecule has 3 heterocycles. The second-order valence-electron chi connectivity index (χ2n) is 8.76.